The zero-order chi connectivity index (χ0) is 5.21. The summed E-state index contributed by atoms with van der Waals surface area (Å²) in [7, 11) is 0. The molecule has 5 heteroatoms. The molecule has 0 unspecified atom stereocenters. The van der Waals surface area contributed by atoms with E-state index in [1.807, 2.05) is 0 Å². The Morgan fingerprint density at radius 3 is 1.43 bits per heavy atom. The van der Waals surface area contributed by atoms with Gasteiger partial charge in [0.05, 0.1) is 0 Å². The molecule has 0 rings (SSSR count). The van der Waals surface area contributed by atoms with Crippen molar-refractivity contribution in [3.05, 3.63) is 0 Å². The second-order valence-electron chi connectivity index (χ2n) is 0.659. The van der Waals surface area contributed by atoms with E-state index in [0.717, 1.165) is 0 Å². The van der Waals surface area contributed by atoms with Crippen LogP contribution in [0.15, 0.2) is 0 Å². The number of carbonyl (C=O) groups excluding carboxylic acids is 1. The second kappa shape index (κ2) is 3.13. The van der Waals surface area contributed by atoms with Crippen molar-refractivity contribution in [3.8, 4) is 0 Å². The predicted octanol–water partition coefficient (Wildman–Crippen LogP) is 0.745. The smallest absolute Gasteiger partial charge is 0.293 e. The van der Waals surface area contributed by atoms with Crippen molar-refractivity contribution in [1.82, 2.24) is 0 Å². The Bertz CT molecular complexity index is 58.4. The average molecular weight is 201 g/mol. The van der Waals surface area contributed by atoms with Crippen LogP contribution < -0.4 is 0 Å². The minimum atomic E-state index is -4.64. The Hall–Kier alpha value is 0.0834. The number of hydrogen-bond donors (Lipinski definition) is 0. The van der Waals surface area contributed by atoms with Gasteiger partial charge in [0.1, 0.15) is 0 Å². The fraction of sp³-hybridized carbons (Fsp3) is 0.500. The molecule has 0 saturated carbocycles. The molecule has 0 aliphatic heterocycles. The van der Waals surface area contributed by atoms with Gasteiger partial charge in [-0.3, -0.25) is 4.79 Å². The van der Waals surface area contributed by atoms with Crippen LogP contribution >= 0.6 is 0 Å². The van der Waals surface area contributed by atoms with Crippen molar-refractivity contribution < 1.29 is 37.4 Å². The normalized spacial score (nSPS) is 9.57. The third-order valence-electron chi connectivity index (χ3n) is 0.134. The van der Waals surface area contributed by atoms with E-state index in [4.69, 9.17) is 4.79 Å². The maximum absolute atomic E-state index is 10.4. The van der Waals surface area contributed by atoms with Gasteiger partial charge in [-0.2, -0.15) is 13.2 Å². The minimum absolute atomic E-state index is 0. The quantitative estimate of drug-likeness (QED) is 0.417. The van der Waals surface area contributed by atoms with E-state index in [1.54, 1.807) is 0 Å². The molecule has 0 aromatic heterocycles. The molecule has 0 amide bonds. The molecule has 1 nitrogen and oxygen atoms in total. The molecule has 0 aliphatic rings. The molecular formula is C2HF3ORh. The summed E-state index contributed by atoms with van der Waals surface area (Å²) in [5.41, 5.74) is 0. The van der Waals surface area contributed by atoms with Gasteiger partial charge >= 0.3 is 6.18 Å². The number of alkyl halides is 3. The summed E-state index contributed by atoms with van der Waals surface area (Å²) in [6, 6.07) is 0. The van der Waals surface area contributed by atoms with Crippen molar-refractivity contribution in [1.29, 1.82) is 0 Å². The Labute approximate surface area is 50.6 Å². The predicted molar refractivity (Wildman–Crippen MR) is 12.1 cm³/mol. The third-order valence-corrected chi connectivity index (χ3v) is 0.134. The summed E-state index contributed by atoms with van der Waals surface area (Å²) >= 11 is 0. The Morgan fingerprint density at radius 2 is 1.43 bits per heavy atom. The molecule has 0 aromatic carbocycles. The summed E-state index contributed by atoms with van der Waals surface area (Å²) in [4.78, 5) is 8.70. The summed E-state index contributed by atoms with van der Waals surface area (Å²) in [5.74, 6) is 0. The van der Waals surface area contributed by atoms with Crippen LogP contribution in [0.4, 0.5) is 13.2 Å². The molecule has 7 heavy (non-hydrogen) atoms. The number of hydrogen-bond acceptors (Lipinski definition) is 1. The van der Waals surface area contributed by atoms with Crippen LogP contribution in [0.5, 0.6) is 0 Å². The first-order chi connectivity index (χ1) is 2.56. The summed E-state index contributed by atoms with van der Waals surface area (Å²) in [6.07, 6.45) is -5.70. The van der Waals surface area contributed by atoms with E-state index in [2.05, 4.69) is 0 Å². The Balaban J connectivity index is 0. The number of carbonyl (C=O) groups is 1. The third kappa shape index (κ3) is 10.7. The Morgan fingerprint density at radius 1 is 1.29 bits per heavy atom. The van der Waals surface area contributed by atoms with Crippen LogP contribution in [-0.2, 0) is 24.3 Å². The van der Waals surface area contributed by atoms with Crippen molar-refractivity contribution in [3.63, 3.8) is 0 Å². The summed E-state index contributed by atoms with van der Waals surface area (Å²) < 4.78 is 31.2. The second-order valence-corrected chi connectivity index (χ2v) is 0.659. The van der Waals surface area contributed by atoms with E-state index in [9.17, 15) is 13.2 Å². The molecule has 0 atom stereocenters. The van der Waals surface area contributed by atoms with Gasteiger partial charge in [-0.1, -0.05) is 0 Å². The van der Waals surface area contributed by atoms with Gasteiger partial charge in [-0.25, -0.2) is 0 Å². The standard InChI is InChI=1S/C2HF3O.Rh/c3-2(4,5)1-6;/h1H;. The maximum atomic E-state index is 10.4. The molecule has 0 fully saturated rings. The van der Waals surface area contributed by atoms with Crippen LogP contribution in [-0.4, -0.2) is 12.5 Å². The van der Waals surface area contributed by atoms with E-state index in [-0.39, 0.29) is 19.5 Å². The molecule has 0 bridgehead atoms. The van der Waals surface area contributed by atoms with Gasteiger partial charge < -0.3 is 0 Å². The van der Waals surface area contributed by atoms with Crippen LogP contribution in [0.1, 0.15) is 0 Å². The SMILES string of the molecule is O=CC(F)(F)F.[Rh]. The number of halogens is 3. The monoisotopic (exact) mass is 201 g/mol. The van der Waals surface area contributed by atoms with E-state index < -0.39 is 12.5 Å². The first kappa shape index (κ1) is 10.1. The maximum Gasteiger partial charge on any atom is 0.446 e. The van der Waals surface area contributed by atoms with Gasteiger partial charge in [0.2, 0.25) is 6.29 Å². The Kier molecular flexibility index (Phi) is 4.54. The summed E-state index contributed by atoms with van der Waals surface area (Å²) in [6.45, 7) is 0. The van der Waals surface area contributed by atoms with Gasteiger partial charge in [-0.15, -0.1) is 0 Å². The topological polar surface area (TPSA) is 17.1 Å². The van der Waals surface area contributed by atoms with Gasteiger partial charge in [0, 0.05) is 19.5 Å². The molecule has 0 spiro atoms. The molecule has 0 aromatic rings. The zero-order valence-corrected chi connectivity index (χ0v) is 4.59. The minimum Gasteiger partial charge on any atom is -0.293 e. The van der Waals surface area contributed by atoms with E-state index in [1.165, 1.54) is 0 Å². The fourth-order valence-electron chi connectivity index (χ4n) is 0. The average Bonchev–Trinajstić information content (AvgIpc) is 1.35. The molecule has 45 valence electrons. The van der Waals surface area contributed by atoms with Crippen LogP contribution in [0, 0.1) is 0 Å². The van der Waals surface area contributed by atoms with Crippen LogP contribution in [0.3, 0.4) is 0 Å². The summed E-state index contributed by atoms with van der Waals surface area (Å²) in [5, 5.41) is 0. The molecule has 0 aliphatic carbocycles. The first-order valence-corrected chi connectivity index (χ1v) is 1.09. The van der Waals surface area contributed by atoms with E-state index in [0.29, 0.717) is 0 Å². The fourth-order valence-corrected chi connectivity index (χ4v) is 0. The van der Waals surface area contributed by atoms with Gasteiger partial charge in [-0.05, 0) is 0 Å². The van der Waals surface area contributed by atoms with Crippen molar-refractivity contribution in [2.45, 2.75) is 6.18 Å². The molecule has 0 heterocycles. The molecule has 0 saturated heterocycles. The van der Waals surface area contributed by atoms with Crippen LogP contribution in [0.25, 0.3) is 0 Å². The number of rotatable bonds is 0. The van der Waals surface area contributed by atoms with Gasteiger partial charge in [0.15, 0.2) is 0 Å². The molecular weight excluding hydrogens is 200 g/mol. The van der Waals surface area contributed by atoms with Gasteiger partial charge in [0.25, 0.3) is 0 Å². The number of aldehydes is 1. The first-order valence-electron chi connectivity index (χ1n) is 1.09. The van der Waals surface area contributed by atoms with Crippen molar-refractivity contribution in [2.75, 3.05) is 0 Å². The molecule has 0 N–H and O–H groups in total. The van der Waals surface area contributed by atoms with Crippen molar-refractivity contribution >= 4 is 6.29 Å². The van der Waals surface area contributed by atoms with Crippen molar-refractivity contribution in [2.24, 2.45) is 0 Å². The van der Waals surface area contributed by atoms with E-state index >= 15 is 0 Å². The van der Waals surface area contributed by atoms with Crippen LogP contribution in [0.2, 0.25) is 0 Å². The zero-order valence-electron chi connectivity index (χ0n) is 2.95. The largest absolute Gasteiger partial charge is 0.446 e. The molecule has 1 radical (unpaired) electrons.